The molecule has 4 heteroatoms. The molecule has 4 N–H and O–H groups in total. The van der Waals surface area contributed by atoms with Crippen LogP contribution in [0.4, 0.5) is 5.82 Å². The van der Waals surface area contributed by atoms with E-state index in [9.17, 15) is 0 Å². The lowest BCUT2D eigenvalue weighted by Crippen LogP contribution is -2.74. The summed E-state index contributed by atoms with van der Waals surface area (Å²) in [6.07, 6.45) is 6.99. The van der Waals surface area contributed by atoms with Crippen LogP contribution in [-0.2, 0) is 12.8 Å². The first kappa shape index (κ1) is 10.9. The molecule has 1 heterocycles. The van der Waals surface area contributed by atoms with Gasteiger partial charge >= 0.3 is 0 Å². The molecule has 1 aromatic carbocycles. The molecule has 0 saturated carbocycles. The first-order valence-electron chi connectivity index (χ1n) is 5.43. The third-order valence-electron chi connectivity index (χ3n) is 2.67. The zero-order valence-electron chi connectivity index (χ0n) is 9.06. The van der Waals surface area contributed by atoms with Crippen LogP contribution in [0, 0.1) is 0 Å². The number of nitrogens with two attached hydrogens (primary N) is 1. The van der Waals surface area contributed by atoms with E-state index in [-0.39, 0.29) is 0 Å². The number of rotatable bonds is 1. The molecule has 0 bridgehead atoms. The van der Waals surface area contributed by atoms with Gasteiger partial charge in [0.1, 0.15) is 6.20 Å². The lowest BCUT2D eigenvalue weighted by molar-refractivity contribution is -0.828. The summed E-state index contributed by atoms with van der Waals surface area (Å²) in [6, 6.07) is 8.74. The molecule has 4 nitrogen and oxygen atoms in total. The number of aromatic nitrogens is 2. The van der Waals surface area contributed by atoms with Crippen molar-refractivity contribution in [1.82, 2.24) is 9.97 Å². The Labute approximate surface area is 94.3 Å². The van der Waals surface area contributed by atoms with E-state index < -0.39 is 0 Å². The number of fused-ring (bicyclic) bond motifs is 1. The lowest BCUT2D eigenvalue weighted by Gasteiger charge is -1.93. The number of aromatic amines is 1. The number of aryl methyl sites for hydroxylation is 2. The van der Waals surface area contributed by atoms with Crippen molar-refractivity contribution in [2.45, 2.75) is 19.3 Å². The Morgan fingerprint density at radius 3 is 2.31 bits per heavy atom. The lowest BCUT2D eigenvalue weighted by atomic mass is 10.1. The van der Waals surface area contributed by atoms with E-state index in [0.717, 1.165) is 5.48 Å². The molecule has 0 unspecified atom stereocenters. The number of nitrogens with zero attached hydrogens (tertiary/aromatic N) is 1. The highest BCUT2D eigenvalue weighted by Crippen LogP contribution is 2.20. The normalized spacial score (nSPS) is 12.8. The van der Waals surface area contributed by atoms with Gasteiger partial charge in [-0.1, -0.05) is 24.3 Å². The van der Waals surface area contributed by atoms with E-state index in [2.05, 4.69) is 34.2 Å². The van der Waals surface area contributed by atoms with Crippen molar-refractivity contribution < 1.29 is 10.7 Å². The van der Waals surface area contributed by atoms with E-state index in [4.69, 9.17) is 5.21 Å². The van der Waals surface area contributed by atoms with Gasteiger partial charge in [-0.2, -0.15) is 5.48 Å². The highest BCUT2D eigenvalue weighted by molar-refractivity contribution is 5.30. The van der Waals surface area contributed by atoms with Crippen molar-refractivity contribution >= 4 is 5.82 Å². The zero-order chi connectivity index (χ0) is 11.2. The minimum Gasteiger partial charge on any atom is -0.298 e. The Morgan fingerprint density at radius 1 is 1.19 bits per heavy atom. The van der Waals surface area contributed by atoms with Crippen molar-refractivity contribution in [1.29, 1.82) is 0 Å². The van der Waals surface area contributed by atoms with E-state index in [1.54, 1.807) is 11.1 Å². The summed E-state index contributed by atoms with van der Waals surface area (Å²) in [4.78, 5) is 6.32. The molecule has 0 atom stereocenters. The molecule has 3 rings (SSSR count). The first-order valence-corrected chi connectivity index (χ1v) is 5.43. The Hall–Kier alpha value is -1.65. The van der Waals surface area contributed by atoms with Gasteiger partial charge in [-0.15, -0.1) is 0 Å². The molecule has 1 aromatic heterocycles. The number of hydrogen-bond acceptors (Lipinski definition) is 2. The Kier molecular flexibility index (Phi) is 3.69. The number of hydrogen-bond donors (Lipinski definition) is 3. The molecule has 84 valence electrons. The van der Waals surface area contributed by atoms with Crippen LogP contribution < -0.4 is 5.48 Å². The quantitative estimate of drug-likeness (QED) is 0.629. The van der Waals surface area contributed by atoms with Gasteiger partial charge < -0.3 is 0 Å². The smallest absolute Gasteiger partial charge is 0.254 e. The van der Waals surface area contributed by atoms with Crippen LogP contribution in [0.3, 0.4) is 0 Å². The fourth-order valence-corrected chi connectivity index (χ4v) is 1.85. The van der Waals surface area contributed by atoms with Crippen LogP contribution in [0.5, 0.6) is 0 Å². The Morgan fingerprint density at radius 2 is 1.88 bits per heavy atom. The van der Waals surface area contributed by atoms with Gasteiger partial charge in [-0.3, -0.25) is 4.98 Å². The van der Waals surface area contributed by atoms with Crippen molar-refractivity contribution in [2.24, 2.45) is 0 Å². The molecule has 0 aliphatic heterocycles. The summed E-state index contributed by atoms with van der Waals surface area (Å²) in [5.41, 5.74) is 4.10. The molecule has 1 aliphatic carbocycles. The summed E-state index contributed by atoms with van der Waals surface area (Å²) in [7, 11) is 0. The van der Waals surface area contributed by atoms with Crippen LogP contribution in [0.25, 0.3) is 0 Å². The predicted molar refractivity (Wildman–Crippen MR) is 60.4 cm³/mol. The van der Waals surface area contributed by atoms with Crippen molar-refractivity contribution in [3.8, 4) is 0 Å². The van der Waals surface area contributed by atoms with E-state index in [1.165, 1.54) is 31.8 Å². The maximum atomic E-state index is 8.23. The van der Waals surface area contributed by atoms with Crippen molar-refractivity contribution in [3.05, 3.63) is 47.9 Å². The molecule has 2 aromatic rings. The van der Waals surface area contributed by atoms with E-state index in [0.29, 0.717) is 5.82 Å². The van der Waals surface area contributed by atoms with Crippen LogP contribution in [0.15, 0.2) is 36.8 Å². The molecule has 0 amide bonds. The fourth-order valence-electron chi connectivity index (χ4n) is 1.85. The van der Waals surface area contributed by atoms with Gasteiger partial charge in [0.05, 0.1) is 6.33 Å². The summed E-state index contributed by atoms with van der Waals surface area (Å²) in [5, 5.41) is 8.23. The van der Waals surface area contributed by atoms with Crippen LogP contribution >= 0.6 is 0 Å². The zero-order valence-corrected chi connectivity index (χ0v) is 9.06. The molecule has 0 radical (unpaired) electrons. The molecule has 0 saturated heterocycles. The first-order chi connectivity index (χ1) is 7.90. The number of imidazole rings is 1. The van der Waals surface area contributed by atoms with E-state index >= 15 is 0 Å². The highest BCUT2D eigenvalue weighted by atomic mass is 16.5. The van der Waals surface area contributed by atoms with Gasteiger partial charge in [-0.05, 0) is 30.4 Å². The molecule has 1 aliphatic rings. The molecule has 0 fully saturated rings. The molecular formula is C12H16N3O+. The standard InChI is InChI=1S/C9H10.C3H5N3O/c1-2-5-9-7-3-6-8(9)4-1;7-6-3-1-4-2-5-3/h1-2,4-5H,3,6-7H2;1-2,6-7H,(H,4,5)/p+1. The van der Waals surface area contributed by atoms with Crippen LogP contribution in [0.1, 0.15) is 17.5 Å². The second-order valence-electron chi connectivity index (χ2n) is 3.76. The largest absolute Gasteiger partial charge is 0.298 e. The van der Waals surface area contributed by atoms with Gasteiger partial charge in [0.15, 0.2) is 0 Å². The summed E-state index contributed by atoms with van der Waals surface area (Å²) >= 11 is 0. The van der Waals surface area contributed by atoms with Gasteiger partial charge in [-0.25, -0.2) is 10.2 Å². The Balaban J connectivity index is 0.000000125. The molecule has 16 heavy (non-hydrogen) atoms. The van der Waals surface area contributed by atoms with Gasteiger partial charge in [0.2, 0.25) is 0 Å². The second-order valence-corrected chi connectivity index (χ2v) is 3.76. The maximum absolute atomic E-state index is 8.23. The van der Waals surface area contributed by atoms with Gasteiger partial charge in [0.25, 0.3) is 5.82 Å². The maximum Gasteiger partial charge on any atom is 0.254 e. The molecule has 0 spiro atoms. The minimum absolute atomic E-state index is 0.625. The number of quaternary nitrogens is 1. The van der Waals surface area contributed by atoms with Crippen LogP contribution in [0.2, 0.25) is 0 Å². The third-order valence-corrected chi connectivity index (χ3v) is 2.67. The van der Waals surface area contributed by atoms with Crippen molar-refractivity contribution in [3.63, 3.8) is 0 Å². The third kappa shape index (κ3) is 2.68. The average molecular weight is 218 g/mol. The van der Waals surface area contributed by atoms with Crippen molar-refractivity contribution in [2.75, 3.05) is 0 Å². The number of benzene rings is 1. The number of nitrogens with one attached hydrogen (secondary N) is 1. The Bertz CT molecular complexity index is 403. The average Bonchev–Trinajstić information content (AvgIpc) is 3.01. The molecular weight excluding hydrogens is 202 g/mol. The predicted octanol–water partition coefficient (Wildman–Crippen LogP) is 1.17. The summed E-state index contributed by atoms with van der Waals surface area (Å²) in [5.74, 6) is 0.625. The highest BCUT2D eigenvalue weighted by Gasteiger charge is 2.07. The second kappa shape index (κ2) is 5.44. The summed E-state index contributed by atoms with van der Waals surface area (Å²) < 4.78 is 0. The van der Waals surface area contributed by atoms with Crippen LogP contribution in [-0.4, -0.2) is 15.2 Å². The SMILES string of the molecule is O[NH2+]c1cnc[nH]1.c1ccc2c(c1)CCC2. The topological polar surface area (TPSA) is 65.5 Å². The monoisotopic (exact) mass is 218 g/mol. The fraction of sp³-hybridized carbons (Fsp3) is 0.250. The van der Waals surface area contributed by atoms with E-state index in [1.807, 2.05) is 0 Å². The number of H-pyrrole nitrogens is 1. The summed E-state index contributed by atoms with van der Waals surface area (Å²) in [6.45, 7) is 0. The minimum atomic E-state index is 0.625. The van der Waals surface area contributed by atoms with Gasteiger partial charge in [0, 0.05) is 0 Å².